The Bertz CT molecular complexity index is 1260. The minimum atomic E-state index is -1.82. The van der Waals surface area contributed by atoms with Crippen molar-refractivity contribution in [2.75, 3.05) is 25.7 Å². The Morgan fingerprint density at radius 3 is 2.81 bits per heavy atom. The van der Waals surface area contributed by atoms with Crippen molar-refractivity contribution in [3.63, 3.8) is 0 Å². The number of nitrogens with one attached hydrogen (secondary N) is 3. The third-order valence-electron chi connectivity index (χ3n) is 5.58. The summed E-state index contributed by atoms with van der Waals surface area (Å²) in [6.45, 7) is 0. The van der Waals surface area contributed by atoms with Gasteiger partial charge in [0.2, 0.25) is 6.20 Å². The molecule has 196 valence electrons. The second kappa shape index (κ2) is 11.0. The molecule has 0 aromatic carbocycles. The molecule has 13 nitrogen and oxygen atoms in total. The molecular weight excluding hydrogens is 544 g/mol. The third-order valence-corrected chi connectivity index (χ3v) is 8.90. The lowest BCUT2D eigenvalue weighted by Gasteiger charge is -2.56. The molecule has 0 radical (unpaired) electrons. The van der Waals surface area contributed by atoms with E-state index >= 15 is 0 Å². The number of rotatable bonds is 9. The van der Waals surface area contributed by atoms with Crippen LogP contribution in [-0.2, 0) is 19.1 Å². The van der Waals surface area contributed by atoms with E-state index in [1.807, 2.05) is 0 Å². The molecule has 37 heavy (non-hydrogen) atoms. The minimum Gasteiger partial charge on any atom is -0.594 e. The molecule has 16 heteroatoms. The molecule has 1 saturated heterocycles. The molecule has 4 rings (SSSR count). The molecule has 2 aromatic rings. The molecule has 0 spiro atoms. The van der Waals surface area contributed by atoms with E-state index in [-0.39, 0.29) is 17.2 Å². The van der Waals surface area contributed by atoms with Gasteiger partial charge in [-0.2, -0.15) is 0 Å². The molecule has 4 amide bonds. The number of carbonyl (C=O) groups is 4. The average molecular weight is 567 g/mol. The first kappa shape index (κ1) is 26.7. The zero-order chi connectivity index (χ0) is 26.7. The van der Waals surface area contributed by atoms with Crippen molar-refractivity contribution in [3.8, 4) is 0 Å². The van der Waals surface area contributed by atoms with Crippen LogP contribution in [0.25, 0.3) is 0 Å². The van der Waals surface area contributed by atoms with Gasteiger partial charge in [0.15, 0.2) is 5.03 Å². The first-order valence-corrected chi connectivity index (χ1v) is 13.6. The highest BCUT2D eigenvalue weighted by molar-refractivity contribution is 8.01. The van der Waals surface area contributed by atoms with Gasteiger partial charge in [0, 0.05) is 41.7 Å². The molecule has 0 bridgehead atoms. The molecule has 4 N–H and O–H groups in total. The number of nitrogens with zero attached hydrogens (tertiary/aromatic N) is 3. The van der Waals surface area contributed by atoms with Crippen LogP contribution in [0, 0.1) is 5.21 Å². The van der Waals surface area contributed by atoms with Gasteiger partial charge in [0.25, 0.3) is 17.5 Å². The summed E-state index contributed by atoms with van der Waals surface area (Å²) in [4.78, 5) is 52.8. The number of aliphatic carboxylic acids is 1. The summed E-state index contributed by atoms with van der Waals surface area (Å²) in [5, 5.41) is 34.0. The third kappa shape index (κ3) is 5.09. The Morgan fingerprint density at radius 2 is 2.19 bits per heavy atom. The van der Waals surface area contributed by atoms with Crippen LogP contribution in [0.5, 0.6) is 0 Å². The van der Waals surface area contributed by atoms with Crippen LogP contribution >= 0.6 is 34.9 Å². The number of ether oxygens (including phenoxy) is 1. The van der Waals surface area contributed by atoms with Gasteiger partial charge in [-0.3, -0.25) is 14.5 Å². The topological polar surface area (TPSA) is 177 Å². The molecule has 0 saturated carbocycles. The highest BCUT2D eigenvalue weighted by atomic mass is 32.2. The fraction of sp³-hybridized carbons (Fsp3) is 0.333. The zero-order valence-corrected chi connectivity index (χ0v) is 21.9. The number of hydrogen-bond acceptors (Lipinski definition) is 10. The SMILES string of the molecule is CNC(=O)NC(C(=O)N[C@]1(OC)C(=O)N2C(C(=O)O)=C(CSc3ccc[n+]([O-])n3)CSC21)c1cccs1. The number of carbonyl (C=O) groups excluding carboxylic acids is 3. The molecule has 2 aliphatic heterocycles. The Labute approximate surface area is 223 Å². The van der Waals surface area contributed by atoms with Crippen molar-refractivity contribution in [1.82, 2.24) is 25.9 Å². The number of urea groups is 1. The van der Waals surface area contributed by atoms with Crippen LogP contribution in [0.4, 0.5) is 4.79 Å². The fourth-order valence-electron chi connectivity index (χ4n) is 3.83. The van der Waals surface area contributed by atoms with Crippen molar-refractivity contribution in [2.24, 2.45) is 0 Å². The Hall–Kier alpha value is -3.34. The number of amides is 4. The molecular formula is C21H22N6O7S3. The van der Waals surface area contributed by atoms with Gasteiger partial charge >= 0.3 is 12.0 Å². The molecule has 0 aliphatic carbocycles. The standard InChI is InChI=1S/C21H22N6O7S3/c1-22-20(32)23-14(12-5-4-8-35-12)16(28)24-21(34-2)18(31)27-15(17(29)30)11(10-37-19(21)27)9-36-13-6-3-7-26(33)25-13/h3-8,14,19H,9-10H2,1-2H3,(H,24,28)(H,29,30)(H2,22,23,32)/t14?,19?,21-/m0/s1. The van der Waals surface area contributed by atoms with Crippen LogP contribution in [-0.4, -0.2) is 75.7 Å². The van der Waals surface area contributed by atoms with Crippen LogP contribution in [0.3, 0.4) is 0 Å². The Kier molecular flexibility index (Phi) is 7.91. The highest BCUT2D eigenvalue weighted by Gasteiger charge is 2.67. The number of thiophene rings is 1. The van der Waals surface area contributed by atoms with Crippen LogP contribution in [0.1, 0.15) is 10.9 Å². The summed E-state index contributed by atoms with van der Waals surface area (Å²) in [7, 11) is 2.65. The van der Waals surface area contributed by atoms with Crippen LogP contribution in [0.2, 0.25) is 0 Å². The second-order valence-corrected chi connectivity index (χ2v) is 10.8. The van der Waals surface area contributed by atoms with Gasteiger partial charge in [0.1, 0.15) is 17.1 Å². The van der Waals surface area contributed by atoms with Crippen molar-refractivity contribution in [2.45, 2.75) is 22.2 Å². The number of hydrogen-bond donors (Lipinski definition) is 4. The Morgan fingerprint density at radius 1 is 1.41 bits per heavy atom. The first-order valence-electron chi connectivity index (χ1n) is 10.7. The molecule has 3 atom stereocenters. The van der Waals surface area contributed by atoms with Crippen molar-refractivity contribution in [1.29, 1.82) is 0 Å². The van der Waals surface area contributed by atoms with E-state index in [0.717, 1.165) is 4.90 Å². The Balaban J connectivity index is 1.56. The van der Waals surface area contributed by atoms with Gasteiger partial charge < -0.3 is 31.0 Å². The summed E-state index contributed by atoms with van der Waals surface area (Å²) in [6, 6.07) is 4.83. The van der Waals surface area contributed by atoms with Crippen molar-refractivity contribution in [3.05, 3.63) is 57.2 Å². The minimum absolute atomic E-state index is 0.186. The normalized spacial score (nSPS) is 21.5. The lowest BCUT2D eigenvalue weighted by atomic mass is 9.97. The van der Waals surface area contributed by atoms with Gasteiger partial charge in [-0.1, -0.05) is 22.7 Å². The smallest absolute Gasteiger partial charge is 0.352 e. The maximum absolute atomic E-state index is 13.4. The zero-order valence-electron chi connectivity index (χ0n) is 19.5. The lowest BCUT2D eigenvalue weighted by Crippen LogP contribution is -2.81. The summed E-state index contributed by atoms with van der Waals surface area (Å²) in [6.07, 6.45) is 1.23. The van der Waals surface area contributed by atoms with Gasteiger partial charge in [0.05, 0.1) is 0 Å². The number of fused-ring (bicyclic) bond motifs is 1. The summed E-state index contributed by atoms with van der Waals surface area (Å²) < 4.78 is 5.49. The fourth-order valence-corrected chi connectivity index (χ4v) is 7.05. The largest absolute Gasteiger partial charge is 0.594 e. The van der Waals surface area contributed by atoms with E-state index < -0.39 is 41.0 Å². The van der Waals surface area contributed by atoms with E-state index in [1.165, 1.54) is 61.3 Å². The lowest BCUT2D eigenvalue weighted by molar-refractivity contribution is -0.672. The number of thioether (sulfide) groups is 2. The second-order valence-electron chi connectivity index (χ2n) is 7.73. The van der Waals surface area contributed by atoms with E-state index in [1.54, 1.807) is 23.6 Å². The molecule has 2 aromatic heterocycles. The van der Waals surface area contributed by atoms with Crippen molar-refractivity contribution < 1.29 is 33.9 Å². The summed E-state index contributed by atoms with van der Waals surface area (Å²) in [5.41, 5.74) is -1.56. The van der Waals surface area contributed by atoms with E-state index in [2.05, 4.69) is 21.0 Å². The monoisotopic (exact) mass is 566 g/mol. The quantitative estimate of drug-likeness (QED) is 0.108. The number of methoxy groups -OCH3 is 1. The van der Waals surface area contributed by atoms with E-state index in [9.17, 15) is 29.5 Å². The number of carboxylic acids is 1. The predicted octanol–water partition coefficient (Wildman–Crippen LogP) is 0.252. The van der Waals surface area contributed by atoms with Crippen molar-refractivity contribution >= 4 is 58.7 Å². The summed E-state index contributed by atoms with van der Waals surface area (Å²) in [5.74, 6) is -2.32. The van der Waals surface area contributed by atoms with Crippen LogP contribution < -0.4 is 20.8 Å². The molecule has 2 unspecified atom stereocenters. The number of aromatic nitrogens is 2. The van der Waals surface area contributed by atoms with E-state index in [0.29, 0.717) is 20.3 Å². The predicted molar refractivity (Wildman–Crippen MR) is 134 cm³/mol. The molecule has 2 aliphatic rings. The average Bonchev–Trinajstić information content (AvgIpc) is 3.42. The highest BCUT2D eigenvalue weighted by Crippen LogP contribution is 2.47. The van der Waals surface area contributed by atoms with Gasteiger partial charge in [-0.05, 0) is 23.1 Å². The van der Waals surface area contributed by atoms with E-state index in [4.69, 9.17) is 4.74 Å². The number of carboxylic acid groups (broad SMARTS) is 1. The molecule has 1 fully saturated rings. The first-order chi connectivity index (χ1) is 17.7. The van der Waals surface area contributed by atoms with Gasteiger partial charge in [-0.15, -0.1) is 23.1 Å². The summed E-state index contributed by atoms with van der Waals surface area (Å²) >= 11 is 3.64. The molecule has 4 heterocycles. The maximum Gasteiger partial charge on any atom is 0.352 e. The van der Waals surface area contributed by atoms with Gasteiger partial charge in [-0.25, -0.2) is 9.59 Å². The van der Waals surface area contributed by atoms with Crippen LogP contribution in [0.15, 0.2) is 52.1 Å². The number of β-lactam (4-membered cyclic amide) rings is 1. The maximum atomic E-state index is 13.4.